The first-order valence-electron chi connectivity index (χ1n) is 8.50. The maximum absolute atomic E-state index is 4.27. The van der Waals surface area contributed by atoms with Crippen LogP contribution in [0.3, 0.4) is 0 Å². The minimum atomic E-state index is 0. The highest BCUT2D eigenvalue weighted by atomic mass is 127. The molecule has 1 aromatic heterocycles. The third kappa shape index (κ3) is 7.75. The van der Waals surface area contributed by atoms with Gasteiger partial charge in [-0.2, -0.15) is 11.3 Å². The van der Waals surface area contributed by atoms with Crippen molar-refractivity contribution in [3.05, 3.63) is 57.8 Å². The Morgan fingerprint density at radius 3 is 2.08 bits per heavy atom. The lowest BCUT2D eigenvalue weighted by Crippen LogP contribution is -2.36. The summed E-state index contributed by atoms with van der Waals surface area (Å²) in [6, 6.07) is 10.9. The van der Waals surface area contributed by atoms with Crippen LogP contribution in [0.2, 0.25) is 0 Å². The molecule has 0 aliphatic carbocycles. The van der Waals surface area contributed by atoms with E-state index < -0.39 is 0 Å². The SMILES string of the molecule is CCN(CC)Cc1ccc(CNC(=NC)NCc2ccsc2)cc1.I. The molecule has 0 unspecified atom stereocenters. The third-order valence-electron chi connectivity index (χ3n) is 4.05. The first-order chi connectivity index (χ1) is 11.7. The predicted octanol–water partition coefficient (Wildman–Crippen LogP) is 4.07. The first-order valence-corrected chi connectivity index (χ1v) is 9.45. The molecule has 0 radical (unpaired) electrons. The number of benzene rings is 1. The van der Waals surface area contributed by atoms with E-state index in [1.165, 1.54) is 16.7 Å². The molecule has 0 atom stereocenters. The fraction of sp³-hybridized carbons (Fsp3) is 0.421. The van der Waals surface area contributed by atoms with Crippen molar-refractivity contribution in [2.75, 3.05) is 20.1 Å². The average molecular weight is 472 g/mol. The largest absolute Gasteiger partial charge is 0.352 e. The number of halogens is 1. The molecule has 2 aromatic rings. The van der Waals surface area contributed by atoms with Crippen LogP contribution in [0.1, 0.15) is 30.5 Å². The summed E-state index contributed by atoms with van der Waals surface area (Å²) in [6.07, 6.45) is 0. The van der Waals surface area contributed by atoms with E-state index in [1.807, 2.05) is 0 Å². The second-order valence-electron chi connectivity index (χ2n) is 5.69. The van der Waals surface area contributed by atoms with E-state index in [9.17, 15) is 0 Å². The smallest absolute Gasteiger partial charge is 0.191 e. The number of hydrogen-bond acceptors (Lipinski definition) is 3. The fourth-order valence-corrected chi connectivity index (χ4v) is 3.12. The van der Waals surface area contributed by atoms with Crippen molar-refractivity contribution in [3.63, 3.8) is 0 Å². The molecule has 0 saturated heterocycles. The van der Waals surface area contributed by atoms with E-state index in [1.54, 1.807) is 18.4 Å². The molecule has 0 amide bonds. The minimum Gasteiger partial charge on any atom is -0.352 e. The van der Waals surface area contributed by atoms with Gasteiger partial charge in [-0.05, 0) is 46.6 Å². The first kappa shape index (κ1) is 21.9. The van der Waals surface area contributed by atoms with Crippen LogP contribution in [0.4, 0.5) is 0 Å². The van der Waals surface area contributed by atoms with Gasteiger partial charge in [0.1, 0.15) is 0 Å². The lowest BCUT2D eigenvalue weighted by atomic mass is 10.1. The summed E-state index contributed by atoms with van der Waals surface area (Å²) in [7, 11) is 1.80. The molecule has 6 heteroatoms. The number of thiophene rings is 1. The van der Waals surface area contributed by atoms with Gasteiger partial charge in [0.2, 0.25) is 0 Å². The number of rotatable bonds is 8. The normalized spacial score (nSPS) is 11.3. The fourth-order valence-electron chi connectivity index (χ4n) is 2.45. The zero-order valence-electron chi connectivity index (χ0n) is 15.3. The number of nitrogens with one attached hydrogen (secondary N) is 2. The third-order valence-corrected chi connectivity index (χ3v) is 4.78. The molecule has 4 nitrogen and oxygen atoms in total. The van der Waals surface area contributed by atoms with Gasteiger partial charge < -0.3 is 10.6 Å². The van der Waals surface area contributed by atoms with E-state index in [0.717, 1.165) is 38.7 Å². The highest BCUT2D eigenvalue weighted by Crippen LogP contribution is 2.08. The number of nitrogens with zero attached hydrogens (tertiary/aromatic N) is 2. The Bertz CT molecular complexity index is 607. The van der Waals surface area contributed by atoms with Crippen LogP contribution in [0.25, 0.3) is 0 Å². The van der Waals surface area contributed by atoms with Crippen LogP contribution < -0.4 is 10.6 Å². The van der Waals surface area contributed by atoms with Crippen molar-refractivity contribution in [2.24, 2.45) is 4.99 Å². The Morgan fingerprint density at radius 2 is 1.56 bits per heavy atom. The second kappa shape index (κ2) is 12.3. The molecule has 2 rings (SSSR count). The summed E-state index contributed by atoms with van der Waals surface area (Å²) in [5.74, 6) is 0.827. The molecule has 0 spiro atoms. The highest BCUT2D eigenvalue weighted by molar-refractivity contribution is 14.0. The van der Waals surface area contributed by atoms with Crippen molar-refractivity contribution in [1.29, 1.82) is 0 Å². The van der Waals surface area contributed by atoms with Crippen LogP contribution in [0.15, 0.2) is 46.1 Å². The second-order valence-corrected chi connectivity index (χ2v) is 6.47. The predicted molar refractivity (Wildman–Crippen MR) is 120 cm³/mol. The summed E-state index contributed by atoms with van der Waals surface area (Å²) >= 11 is 1.71. The minimum absolute atomic E-state index is 0. The monoisotopic (exact) mass is 472 g/mol. The van der Waals surface area contributed by atoms with Crippen molar-refractivity contribution in [1.82, 2.24) is 15.5 Å². The molecular formula is C19H29IN4S. The van der Waals surface area contributed by atoms with Crippen LogP contribution >= 0.6 is 35.3 Å². The molecule has 0 fully saturated rings. The molecule has 2 N–H and O–H groups in total. The zero-order chi connectivity index (χ0) is 17.2. The maximum Gasteiger partial charge on any atom is 0.191 e. The van der Waals surface area contributed by atoms with Gasteiger partial charge in [0.15, 0.2) is 5.96 Å². The Morgan fingerprint density at radius 1 is 0.960 bits per heavy atom. The lowest BCUT2D eigenvalue weighted by molar-refractivity contribution is 0.296. The maximum atomic E-state index is 4.27. The Balaban J connectivity index is 0.00000312. The van der Waals surface area contributed by atoms with Gasteiger partial charge in [-0.25, -0.2) is 0 Å². The summed E-state index contributed by atoms with van der Waals surface area (Å²) in [6.45, 7) is 9.18. The van der Waals surface area contributed by atoms with E-state index >= 15 is 0 Å². The number of hydrogen-bond donors (Lipinski definition) is 2. The van der Waals surface area contributed by atoms with Gasteiger partial charge in [-0.3, -0.25) is 9.89 Å². The average Bonchev–Trinajstić information content (AvgIpc) is 3.14. The van der Waals surface area contributed by atoms with Crippen molar-refractivity contribution in [2.45, 2.75) is 33.5 Å². The molecule has 1 heterocycles. The van der Waals surface area contributed by atoms with E-state index in [2.05, 4.69) is 75.5 Å². The van der Waals surface area contributed by atoms with Gasteiger partial charge in [0.25, 0.3) is 0 Å². The van der Waals surface area contributed by atoms with Crippen LogP contribution in [0, 0.1) is 0 Å². The van der Waals surface area contributed by atoms with Gasteiger partial charge in [-0.15, -0.1) is 24.0 Å². The number of aliphatic imine (C=N–C) groups is 1. The quantitative estimate of drug-likeness (QED) is 0.346. The summed E-state index contributed by atoms with van der Waals surface area (Å²) < 4.78 is 0. The topological polar surface area (TPSA) is 39.7 Å². The van der Waals surface area contributed by atoms with Crippen LogP contribution in [-0.2, 0) is 19.6 Å². The molecule has 0 bridgehead atoms. The van der Waals surface area contributed by atoms with Crippen molar-refractivity contribution >= 4 is 41.3 Å². The summed E-state index contributed by atoms with van der Waals surface area (Å²) in [4.78, 5) is 6.69. The van der Waals surface area contributed by atoms with Gasteiger partial charge in [0.05, 0.1) is 0 Å². The molecule has 0 aliphatic rings. The van der Waals surface area contributed by atoms with Crippen LogP contribution in [-0.4, -0.2) is 31.0 Å². The lowest BCUT2D eigenvalue weighted by Gasteiger charge is -2.18. The molecule has 0 aliphatic heterocycles. The molecule has 1 aromatic carbocycles. The van der Waals surface area contributed by atoms with Crippen LogP contribution in [0.5, 0.6) is 0 Å². The highest BCUT2D eigenvalue weighted by Gasteiger charge is 2.02. The zero-order valence-corrected chi connectivity index (χ0v) is 18.4. The standard InChI is InChI=1S/C19H28N4S.HI/c1-4-23(5-2)14-17-8-6-16(7-9-17)12-21-19(20-3)22-13-18-10-11-24-15-18;/h6-11,15H,4-5,12-14H2,1-3H3,(H2,20,21,22);1H. The van der Waals surface area contributed by atoms with Crippen molar-refractivity contribution < 1.29 is 0 Å². The Hall–Kier alpha value is -1.12. The van der Waals surface area contributed by atoms with Gasteiger partial charge in [-0.1, -0.05) is 38.1 Å². The Kier molecular flexibility index (Phi) is 10.8. The van der Waals surface area contributed by atoms with E-state index in [0.29, 0.717) is 0 Å². The van der Waals surface area contributed by atoms with Gasteiger partial charge >= 0.3 is 0 Å². The van der Waals surface area contributed by atoms with E-state index in [4.69, 9.17) is 0 Å². The Labute approximate surface area is 172 Å². The molecule has 138 valence electrons. The summed E-state index contributed by atoms with van der Waals surface area (Å²) in [5, 5.41) is 10.9. The van der Waals surface area contributed by atoms with E-state index in [-0.39, 0.29) is 24.0 Å². The molecule has 25 heavy (non-hydrogen) atoms. The van der Waals surface area contributed by atoms with Crippen molar-refractivity contribution in [3.8, 4) is 0 Å². The number of guanidine groups is 1. The molecular weight excluding hydrogens is 443 g/mol. The molecule has 0 saturated carbocycles. The summed E-state index contributed by atoms with van der Waals surface area (Å²) in [5.41, 5.74) is 3.91. The van der Waals surface area contributed by atoms with Gasteiger partial charge in [0, 0.05) is 26.7 Å².